The van der Waals surface area contributed by atoms with Gasteiger partial charge in [-0.3, -0.25) is 14.5 Å². The molecule has 1 aromatic heterocycles. The molecule has 1 aliphatic rings. The molecule has 3 aromatic carbocycles. The standard InChI is InChI=1S/C31H27F2N3O4S2/c1-18(2)14-15-40-24-5-3-4-21(16-24)26-25(27(37)20-8-12-23(33)13-9-20)28(38)29(39)36(26)30-34-35-31(42-30)41-17-19-6-10-22(32)11-7-19/h3-13,16,18,26,37H,14-15,17H2,1-2H3/b27-25+. The highest BCUT2D eigenvalue weighted by molar-refractivity contribution is 8.00. The number of benzene rings is 3. The Balaban J connectivity index is 1.52. The molecular formula is C31H27F2N3O4S2. The Morgan fingerprint density at radius 3 is 2.40 bits per heavy atom. The Kier molecular flexibility index (Phi) is 8.98. The van der Waals surface area contributed by atoms with Crippen LogP contribution in [0.2, 0.25) is 0 Å². The molecule has 5 rings (SSSR count). The van der Waals surface area contributed by atoms with Crippen LogP contribution in [0.4, 0.5) is 13.9 Å². The fraction of sp³-hybridized carbons (Fsp3) is 0.226. The SMILES string of the molecule is CC(C)CCOc1cccc(C2/C(=C(\O)c3ccc(F)cc3)C(=O)C(=O)N2c2nnc(SCc3ccc(F)cc3)s2)c1. The first-order chi connectivity index (χ1) is 20.2. The predicted molar refractivity (Wildman–Crippen MR) is 158 cm³/mol. The zero-order chi connectivity index (χ0) is 29.8. The lowest BCUT2D eigenvalue weighted by Crippen LogP contribution is -2.29. The molecule has 0 saturated carbocycles. The van der Waals surface area contributed by atoms with Gasteiger partial charge in [-0.1, -0.05) is 61.2 Å². The number of aliphatic hydroxyl groups is 1. The summed E-state index contributed by atoms with van der Waals surface area (Å²) in [5, 5.41) is 19.9. The van der Waals surface area contributed by atoms with Crippen molar-refractivity contribution in [1.29, 1.82) is 0 Å². The van der Waals surface area contributed by atoms with E-state index in [1.807, 2.05) is 0 Å². The first kappa shape index (κ1) is 29.4. The Morgan fingerprint density at radius 2 is 1.71 bits per heavy atom. The zero-order valence-corrected chi connectivity index (χ0v) is 24.4. The number of carbonyl (C=O) groups excluding carboxylic acids is 2. The average Bonchev–Trinajstić information content (AvgIpc) is 3.54. The molecule has 1 amide bonds. The summed E-state index contributed by atoms with van der Waals surface area (Å²) in [6, 6.07) is 17.1. The minimum Gasteiger partial charge on any atom is -0.507 e. The van der Waals surface area contributed by atoms with Gasteiger partial charge in [0.2, 0.25) is 5.13 Å². The van der Waals surface area contributed by atoms with Gasteiger partial charge in [0.25, 0.3) is 5.78 Å². The van der Waals surface area contributed by atoms with Crippen molar-refractivity contribution in [2.45, 2.75) is 36.4 Å². The molecular weight excluding hydrogens is 580 g/mol. The van der Waals surface area contributed by atoms with E-state index in [9.17, 15) is 23.5 Å². The third-order valence-corrected chi connectivity index (χ3v) is 8.70. The summed E-state index contributed by atoms with van der Waals surface area (Å²) in [7, 11) is 0. The summed E-state index contributed by atoms with van der Waals surface area (Å²) in [5.74, 6) is -1.54. The predicted octanol–water partition coefficient (Wildman–Crippen LogP) is 7.16. The molecule has 1 aliphatic heterocycles. The first-order valence-corrected chi connectivity index (χ1v) is 15.0. The van der Waals surface area contributed by atoms with E-state index in [4.69, 9.17) is 4.74 Å². The van der Waals surface area contributed by atoms with Crippen LogP contribution in [-0.2, 0) is 15.3 Å². The highest BCUT2D eigenvalue weighted by atomic mass is 32.2. The maximum atomic E-state index is 13.6. The van der Waals surface area contributed by atoms with Crippen LogP contribution in [0.25, 0.3) is 5.76 Å². The highest BCUT2D eigenvalue weighted by Gasteiger charge is 2.48. The van der Waals surface area contributed by atoms with Gasteiger partial charge in [-0.25, -0.2) is 8.78 Å². The lowest BCUT2D eigenvalue weighted by molar-refractivity contribution is -0.132. The minimum absolute atomic E-state index is 0.151. The number of rotatable bonds is 10. The maximum absolute atomic E-state index is 13.6. The van der Waals surface area contributed by atoms with E-state index < -0.39 is 29.3 Å². The van der Waals surface area contributed by atoms with Crippen LogP contribution < -0.4 is 9.64 Å². The van der Waals surface area contributed by atoms with Gasteiger partial charge in [-0.2, -0.15) is 0 Å². The Bertz CT molecular complexity index is 1620. The molecule has 0 bridgehead atoms. The smallest absolute Gasteiger partial charge is 0.301 e. The van der Waals surface area contributed by atoms with Gasteiger partial charge in [-0.05, 0) is 72.0 Å². The third kappa shape index (κ3) is 6.52. The van der Waals surface area contributed by atoms with E-state index in [1.54, 1.807) is 36.4 Å². The number of Topliss-reactive ketones (excluding diaryl/α,β-unsaturated/α-hetero) is 1. The summed E-state index contributed by atoms with van der Waals surface area (Å²) >= 11 is 2.48. The number of anilines is 1. The summed E-state index contributed by atoms with van der Waals surface area (Å²) in [6.45, 7) is 4.68. The van der Waals surface area contributed by atoms with Crippen LogP contribution in [-0.4, -0.2) is 33.6 Å². The minimum atomic E-state index is -1.04. The molecule has 1 atom stereocenters. The Labute approximate surface area is 249 Å². The second kappa shape index (κ2) is 12.8. The second-order valence-electron chi connectivity index (χ2n) is 10.0. The van der Waals surface area contributed by atoms with Crippen molar-refractivity contribution in [1.82, 2.24) is 10.2 Å². The van der Waals surface area contributed by atoms with Gasteiger partial charge in [0.15, 0.2) is 4.34 Å². The van der Waals surface area contributed by atoms with Gasteiger partial charge in [0, 0.05) is 11.3 Å². The van der Waals surface area contributed by atoms with E-state index in [-0.39, 0.29) is 22.1 Å². The molecule has 1 unspecified atom stereocenters. The molecule has 0 aliphatic carbocycles. The fourth-order valence-corrected chi connectivity index (χ4v) is 6.20. The normalized spacial score (nSPS) is 16.4. The molecule has 216 valence electrons. The Morgan fingerprint density at radius 1 is 1.02 bits per heavy atom. The molecule has 4 aromatic rings. The molecule has 1 N–H and O–H groups in total. The van der Waals surface area contributed by atoms with Crippen molar-refractivity contribution < 1.29 is 28.2 Å². The lowest BCUT2D eigenvalue weighted by atomic mass is 9.95. The molecule has 42 heavy (non-hydrogen) atoms. The molecule has 11 heteroatoms. The number of aliphatic hydroxyl groups excluding tert-OH is 1. The van der Waals surface area contributed by atoms with E-state index in [0.29, 0.717) is 33.9 Å². The van der Waals surface area contributed by atoms with Crippen molar-refractivity contribution in [2.24, 2.45) is 5.92 Å². The van der Waals surface area contributed by atoms with Gasteiger partial charge >= 0.3 is 5.91 Å². The van der Waals surface area contributed by atoms with Crippen molar-refractivity contribution in [2.75, 3.05) is 11.5 Å². The van der Waals surface area contributed by atoms with Crippen LogP contribution in [0.15, 0.2) is 82.7 Å². The van der Waals surface area contributed by atoms with E-state index in [0.717, 1.165) is 23.3 Å². The van der Waals surface area contributed by atoms with Gasteiger partial charge in [0.05, 0.1) is 18.2 Å². The van der Waals surface area contributed by atoms with Crippen LogP contribution >= 0.6 is 23.1 Å². The van der Waals surface area contributed by atoms with Crippen LogP contribution in [0, 0.1) is 17.6 Å². The average molecular weight is 608 g/mol. The van der Waals surface area contributed by atoms with Crippen LogP contribution in [0.3, 0.4) is 0 Å². The topological polar surface area (TPSA) is 92.6 Å². The van der Waals surface area contributed by atoms with Crippen molar-refractivity contribution in [3.05, 3.63) is 107 Å². The largest absolute Gasteiger partial charge is 0.507 e. The van der Waals surface area contributed by atoms with E-state index in [1.165, 1.54) is 53.1 Å². The summed E-state index contributed by atoms with van der Waals surface area (Å²) in [5.41, 5.74) is 1.45. The number of nitrogens with zero attached hydrogens (tertiary/aromatic N) is 3. The fourth-order valence-electron chi connectivity index (χ4n) is 4.38. The number of ether oxygens (including phenoxy) is 1. The summed E-state index contributed by atoms with van der Waals surface area (Å²) in [4.78, 5) is 28.1. The number of halogens is 2. The van der Waals surface area contributed by atoms with E-state index >= 15 is 0 Å². The highest BCUT2D eigenvalue weighted by Crippen LogP contribution is 2.44. The van der Waals surface area contributed by atoms with Crippen LogP contribution in [0.5, 0.6) is 5.75 Å². The summed E-state index contributed by atoms with van der Waals surface area (Å²) in [6.07, 6.45) is 0.844. The van der Waals surface area contributed by atoms with Gasteiger partial charge in [0.1, 0.15) is 23.1 Å². The molecule has 1 saturated heterocycles. The van der Waals surface area contributed by atoms with Gasteiger partial charge < -0.3 is 9.84 Å². The second-order valence-corrected chi connectivity index (χ2v) is 12.2. The molecule has 0 radical (unpaired) electrons. The molecule has 2 heterocycles. The van der Waals surface area contributed by atoms with Crippen molar-refractivity contribution >= 4 is 45.7 Å². The number of aromatic nitrogens is 2. The number of carbonyl (C=O) groups is 2. The van der Waals surface area contributed by atoms with Gasteiger partial charge in [-0.15, -0.1) is 10.2 Å². The maximum Gasteiger partial charge on any atom is 0.301 e. The van der Waals surface area contributed by atoms with Crippen LogP contribution in [0.1, 0.15) is 43.0 Å². The number of hydrogen-bond acceptors (Lipinski definition) is 8. The van der Waals surface area contributed by atoms with Crippen molar-refractivity contribution in [3.63, 3.8) is 0 Å². The number of hydrogen-bond donors (Lipinski definition) is 1. The molecule has 0 spiro atoms. The first-order valence-electron chi connectivity index (χ1n) is 13.2. The van der Waals surface area contributed by atoms with Crippen molar-refractivity contribution in [3.8, 4) is 5.75 Å². The Hall–Kier alpha value is -4.09. The zero-order valence-electron chi connectivity index (χ0n) is 22.8. The quantitative estimate of drug-likeness (QED) is 0.0672. The molecule has 7 nitrogen and oxygen atoms in total. The monoisotopic (exact) mass is 607 g/mol. The third-order valence-electron chi connectivity index (χ3n) is 6.58. The summed E-state index contributed by atoms with van der Waals surface area (Å²) < 4.78 is 33.3. The number of thioether (sulfide) groups is 1. The van der Waals surface area contributed by atoms with E-state index in [2.05, 4.69) is 24.0 Å². The lowest BCUT2D eigenvalue weighted by Gasteiger charge is -2.23. The molecule has 1 fully saturated rings. The number of amides is 1. The number of ketones is 1.